The first-order valence-corrected chi connectivity index (χ1v) is 3.64. The van der Waals surface area contributed by atoms with Gasteiger partial charge in [0.05, 0.1) is 6.04 Å². The number of hydrogen-bond acceptors (Lipinski definition) is 0. The maximum absolute atomic E-state index is 4.08. The summed E-state index contributed by atoms with van der Waals surface area (Å²) in [4.78, 5) is 0. The van der Waals surface area contributed by atoms with Crippen LogP contribution in [0.2, 0.25) is 0 Å². The van der Waals surface area contributed by atoms with Crippen LogP contribution in [0.3, 0.4) is 0 Å². The predicted molar refractivity (Wildman–Crippen MR) is 34.3 cm³/mol. The fourth-order valence-electron chi connectivity index (χ4n) is 1.39. The normalized spacial score (nSPS) is 39.8. The molecule has 8 heavy (non-hydrogen) atoms. The van der Waals surface area contributed by atoms with Crippen LogP contribution in [0.15, 0.2) is 0 Å². The fourth-order valence-corrected chi connectivity index (χ4v) is 1.39. The van der Waals surface area contributed by atoms with E-state index in [1.807, 2.05) is 0 Å². The molecule has 2 atom stereocenters. The first kappa shape index (κ1) is 6.09. The van der Waals surface area contributed by atoms with Gasteiger partial charge in [0.1, 0.15) is 0 Å². The highest BCUT2D eigenvalue weighted by atomic mass is 14.6. The van der Waals surface area contributed by atoms with Crippen molar-refractivity contribution in [1.82, 2.24) is 0 Å². The van der Waals surface area contributed by atoms with Crippen LogP contribution in [0.1, 0.15) is 32.6 Å². The maximum atomic E-state index is 4.08. The maximum Gasteiger partial charge on any atom is 0.0869 e. The van der Waals surface area contributed by atoms with Crippen molar-refractivity contribution in [3.05, 3.63) is 0 Å². The SMILES string of the molecule is C[C@@H]1CCCC[C@H]1[NH3+]. The van der Waals surface area contributed by atoms with E-state index in [1.165, 1.54) is 25.7 Å². The summed E-state index contributed by atoms with van der Waals surface area (Å²) < 4.78 is 0. The standard InChI is InChI=1S/C7H15N/c1-6-4-2-3-5-7(6)8/h6-7H,2-5,8H2,1H3/p+1/t6-,7-/m1/s1. The van der Waals surface area contributed by atoms with E-state index in [-0.39, 0.29) is 0 Å². The topological polar surface area (TPSA) is 27.6 Å². The third kappa shape index (κ3) is 1.22. The Morgan fingerprint density at radius 3 is 2.25 bits per heavy atom. The van der Waals surface area contributed by atoms with E-state index in [1.54, 1.807) is 0 Å². The van der Waals surface area contributed by atoms with E-state index in [0.29, 0.717) is 0 Å². The molecular weight excluding hydrogens is 98.1 g/mol. The molecule has 0 saturated heterocycles. The highest BCUT2D eigenvalue weighted by Gasteiger charge is 2.19. The van der Waals surface area contributed by atoms with Crippen molar-refractivity contribution in [2.45, 2.75) is 38.6 Å². The van der Waals surface area contributed by atoms with Gasteiger partial charge in [0, 0.05) is 5.92 Å². The van der Waals surface area contributed by atoms with Crippen molar-refractivity contribution in [1.29, 1.82) is 0 Å². The Labute approximate surface area is 51.3 Å². The average Bonchev–Trinajstić information content (AvgIpc) is 1.77. The van der Waals surface area contributed by atoms with E-state index >= 15 is 0 Å². The van der Waals surface area contributed by atoms with Crippen molar-refractivity contribution in [2.75, 3.05) is 0 Å². The lowest BCUT2D eigenvalue weighted by molar-refractivity contribution is -0.436. The fraction of sp³-hybridized carbons (Fsp3) is 1.00. The Bertz CT molecular complexity index is 60.8. The van der Waals surface area contributed by atoms with Crippen molar-refractivity contribution >= 4 is 0 Å². The summed E-state index contributed by atoms with van der Waals surface area (Å²) in [6.07, 6.45) is 5.63. The Kier molecular flexibility index (Phi) is 1.90. The smallest absolute Gasteiger partial charge is 0.0869 e. The molecule has 0 aromatic carbocycles. The molecule has 0 aliphatic heterocycles. The van der Waals surface area contributed by atoms with Crippen molar-refractivity contribution in [3.8, 4) is 0 Å². The Morgan fingerprint density at radius 2 is 1.88 bits per heavy atom. The summed E-state index contributed by atoms with van der Waals surface area (Å²) in [6.45, 7) is 2.32. The van der Waals surface area contributed by atoms with Crippen LogP contribution >= 0.6 is 0 Å². The molecule has 0 bridgehead atoms. The van der Waals surface area contributed by atoms with Gasteiger partial charge in [0.25, 0.3) is 0 Å². The van der Waals surface area contributed by atoms with E-state index in [9.17, 15) is 0 Å². The van der Waals surface area contributed by atoms with Crippen LogP contribution < -0.4 is 5.73 Å². The van der Waals surface area contributed by atoms with Crippen LogP contribution in [0, 0.1) is 5.92 Å². The predicted octanol–water partition coefficient (Wildman–Crippen LogP) is 0.807. The molecule has 0 spiro atoms. The molecule has 1 fully saturated rings. The first-order valence-electron chi connectivity index (χ1n) is 3.64. The van der Waals surface area contributed by atoms with Gasteiger partial charge in [-0.15, -0.1) is 0 Å². The van der Waals surface area contributed by atoms with Crippen LogP contribution in [0.4, 0.5) is 0 Å². The molecule has 0 unspecified atom stereocenters. The Hall–Kier alpha value is -0.0400. The molecule has 1 rings (SSSR count). The third-order valence-corrected chi connectivity index (χ3v) is 2.29. The molecule has 0 aromatic heterocycles. The Morgan fingerprint density at radius 1 is 1.25 bits per heavy atom. The van der Waals surface area contributed by atoms with Crippen LogP contribution in [0.25, 0.3) is 0 Å². The molecule has 1 aliphatic carbocycles. The molecule has 0 aromatic rings. The monoisotopic (exact) mass is 114 g/mol. The molecule has 0 heterocycles. The van der Waals surface area contributed by atoms with Gasteiger partial charge < -0.3 is 5.73 Å². The minimum absolute atomic E-state index is 0.753. The molecule has 1 heteroatoms. The number of rotatable bonds is 0. The second-order valence-corrected chi connectivity index (χ2v) is 3.02. The Balaban J connectivity index is 2.28. The van der Waals surface area contributed by atoms with Crippen LogP contribution in [-0.2, 0) is 0 Å². The van der Waals surface area contributed by atoms with Gasteiger partial charge in [-0.1, -0.05) is 13.3 Å². The lowest BCUT2D eigenvalue weighted by Crippen LogP contribution is -2.64. The summed E-state index contributed by atoms with van der Waals surface area (Å²) in [5.74, 6) is 0.892. The summed E-state index contributed by atoms with van der Waals surface area (Å²) in [5.41, 5.74) is 4.08. The molecule has 0 amide bonds. The van der Waals surface area contributed by atoms with E-state index in [0.717, 1.165) is 12.0 Å². The van der Waals surface area contributed by atoms with E-state index < -0.39 is 0 Å². The third-order valence-electron chi connectivity index (χ3n) is 2.29. The second-order valence-electron chi connectivity index (χ2n) is 3.02. The van der Waals surface area contributed by atoms with E-state index in [4.69, 9.17) is 0 Å². The minimum atomic E-state index is 0.753. The van der Waals surface area contributed by atoms with Gasteiger partial charge in [-0.2, -0.15) is 0 Å². The molecule has 0 radical (unpaired) electrons. The molecule has 1 saturated carbocycles. The zero-order valence-electron chi connectivity index (χ0n) is 5.69. The lowest BCUT2D eigenvalue weighted by atomic mass is 9.87. The van der Waals surface area contributed by atoms with Gasteiger partial charge in [0.15, 0.2) is 0 Å². The minimum Gasteiger partial charge on any atom is -0.355 e. The molecule has 3 N–H and O–H groups in total. The summed E-state index contributed by atoms with van der Waals surface area (Å²) in [7, 11) is 0. The molecule has 1 nitrogen and oxygen atoms in total. The number of quaternary nitrogens is 1. The van der Waals surface area contributed by atoms with Gasteiger partial charge in [-0.3, -0.25) is 0 Å². The van der Waals surface area contributed by atoms with Crippen LogP contribution in [-0.4, -0.2) is 6.04 Å². The van der Waals surface area contributed by atoms with Gasteiger partial charge in [-0.25, -0.2) is 0 Å². The molecule has 1 aliphatic rings. The quantitative estimate of drug-likeness (QED) is 0.482. The van der Waals surface area contributed by atoms with Gasteiger partial charge >= 0.3 is 0 Å². The molecule has 48 valence electrons. The zero-order chi connectivity index (χ0) is 5.98. The summed E-state index contributed by atoms with van der Waals surface area (Å²) in [6, 6.07) is 0.753. The van der Waals surface area contributed by atoms with Crippen molar-refractivity contribution < 1.29 is 5.73 Å². The van der Waals surface area contributed by atoms with Gasteiger partial charge in [0.2, 0.25) is 0 Å². The summed E-state index contributed by atoms with van der Waals surface area (Å²) in [5, 5.41) is 0. The van der Waals surface area contributed by atoms with Crippen LogP contribution in [0.5, 0.6) is 0 Å². The summed E-state index contributed by atoms with van der Waals surface area (Å²) >= 11 is 0. The van der Waals surface area contributed by atoms with Crippen molar-refractivity contribution in [3.63, 3.8) is 0 Å². The second kappa shape index (κ2) is 2.49. The average molecular weight is 114 g/mol. The highest BCUT2D eigenvalue weighted by molar-refractivity contribution is 4.68. The first-order chi connectivity index (χ1) is 3.80. The largest absolute Gasteiger partial charge is 0.355 e. The van der Waals surface area contributed by atoms with Crippen molar-refractivity contribution in [2.24, 2.45) is 5.92 Å². The highest BCUT2D eigenvalue weighted by Crippen LogP contribution is 2.20. The van der Waals surface area contributed by atoms with E-state index in [2.05, 4.69) is 12.7 Å². The number of hydrogen-bond donors (Lipinski definition) is 1. The molecular formula is C7H16N+. The zero-order valence-corrected chi connectivity index (χ0v) is 5.69. The lowest BCUT2D eigenvalue weighted by Gasteiger charge is -2.21. The van der Waals surface area contributed by atoms with Gasteiger partial charge in [-0.05, 0) is 19.3 Å².